The summed E-state index contributed by atoms with van der Waals surface area (Å²) < 4.78 is 1.17. The second kappa shape index (κ2) is 9.34. The number of amides is 3. The minimum Gasteiger partial charge on any atom is -0.341 e. The Hall–Kier alpha value is -2.48. The lowest BCUT2D eigenvalue weighted by Crippen LogP contribution is -2.60. The van der Waals surface area contributed by atoms with E-state index in [4.69, 9.17) is 0 Å². The molecular weight excluding hydrogens is 412 g/mol. The molecule has 1 unspecified atom stereocenters. The predicted molar refractivity (Wildman–Crippen MR) is 121 cm³/mol. The predicted octanol–water partition coefficient (Wildman–Crippen LogP) is 2.55. The van der Waals surface area contributed by atoms with Crippen molar-refractivity contribution in [3.8, 4) is 0 Å². The number of carbonyl (C=O) groups excluding carboxylic acids is 3. The number of hydrogen-bond acceptors (Lipinski definition) is 5. The van der Waals surface area contributed by atoms with Gasteiger partial charge in [-0.2, -0.15) is 0 Å². The third kappa shape index (κ3) is 4.89. The summed E-state index contributed by atoms with van der Waals surface area (Å²) in [5, 5.41) is 1.06. The Bertz CT molecular complexity index is 940. The summed E-state index contributed by atoms with van der Waals surface area (Å²) in [5.41, 5.74) is 1.01. The lowest BCUT2D eigenvalue weighted by Gasteiger charge is -2.39. The lowest BCUT2D eigenvalue weighted by molar-refractivity contribution is -0.156. The molecule has 1 atom stereocenters. The standard InChI is InChI=1S/C23H30N4O3S/c1-16(2)14-26-15-22(29)27-13-12-25(11-10-18(27)23(26)30)21(28)9-5-8-20-24-17-6-3-4-7-19(17)31-20/h3-4,6-7,16,18H,5,8-15H2,1-2H3. The summed E-state index contributed by atoms with van der Waals surface area (Å²) in [6.45, 7) is 6.31. The van der Waals surface area contributed by atoms with Crippen molar-refractivity contribution < 1.29 is 14.4 Å². The quantitative estimate of drug-likeness (QED) is 0.689. The van der Waals surface area contributed by atoms with Gasteiger partial charge in [-0.05, 0) is 37.3 Å². The van der Waals surface area contributed by atoms with Crippen LogP contribution >= 0.6 is 11.3 Å². The molecule has 1 aromatic carbocycles. The van der Waals surface area contributed by atoms with Gasteiger partial charge in [0.2, 0.25) is 17.7 Å². The molecule has 0 spiro atoms. The highest BCUT2D eigenvalue weighted by Gasteiger charge is 2.41. The Balaban J connectivity index is 1.31. The molecule has 2 aliphatic heterocycles. The Kier molecular flexibility index (Phi) is 6.55. The van der Waals surface area contributed by atoms with E-state index in [9.17, 15) is 14.4 Å². The van der Waals surface area contributed by atoms with Crippen LogP contribution in [0, 0.1) is 5.92 Å². The van der Waals surface area contributed by atoms with Gasteiger partial charge >= 0.3 is 0 Å². The molecule has 4 rings (SSSR count). The first-order valence-corrected chi connectivity index (χ1v) is 11.9. The van der Waals surface area contributed by atoms with E-state index >= 15 is 0 Å². The van der Waals surface area contributed by atoms with Crippen LogP contribution in [0.25, 0.3) is 10.2 Å². The fraction of sp³-hybridized carbons (Fsp3) is 0.565. The molecule has 0 aliphatic carbocycles. The fourth-order valence-corrected chi connectivity index (χ4v) is 5.46. The van der Waals surface area contributed by atoms with Crippen LogP contribution in [0.4, 0.5) is 0 Å². The maximum absolute atomic E-state index is 12.9. The Morgan fingerprint density at radius 3 is 2.77 bits per heavy atom. The second-order valence-corrected chi connectivity index (χ2v) is 9.93. The molecule has 3 amide bonds. The molecule has 2 saturated heterocycles. The van der Waals surface area contributed by atoms with E-state index in [-0.39, 0.29) is 24.3 Å². The van der Waals surface area contributed by atoms with Crippen LogP contribution in [0.5, 0.6) is 0 Å². The average molecular weight is 443 g/mol. The molecule has 166 valence electrons. The smallest absolute Gasteiger partial charge is 0.245 e. The normalized spacial score (nSPS) is 19.8. The summed E-state index contributed by atoms with van der Waals surface area (Å²) >= 11 is 1.68. The highest BCUT2D eigenvalue weighted by atomic mass is 32.1. The van der Waals surface area contributed by atoms with Crippen LogP contribution in [0.3, 0.4) is 0 Å². The maximum Gasteiger partial charge on any atom is 0.245 e. The van der Waals surface area contributed by atoms with Crippen LogP contribution in [-0.2, 0) is 20.8 Å². The SMILES string of the molecule is CC(C)CN1CC(=O)N2CCN(C(=O)CCCc3nc4ccccc4s3)CCC2C1=O. The molecule has 31 heavy (non-hydrogen) atoms. The zero-order valence-corrected chi connectivity index (χ0v) is 19.1. The minimum atomic E-state index is -0.430. The van der Waals surface area contributed by atoms with Crippen molar-refractivity contribution in [3.63, 3.8) is 0 Å². The van der Waals surface area contributed by atoms with E-state index in [2.05, 4.69) is 11.1 Å². The molecule has 2 aromatic rings. The van der Waals surface area contributed by atoms with Gasteiger partial charge in [0.25, 0.3) is 0 Å². The van der Waals surface area contributed by atoms with Gasteiger partial charge in [-0.1, -0.05) is 26.0 Å². The van der Waals surface area contributed by atoms with Gasteiger partial charge in [0.05, 0.1) is 21.8 Å². The Morgan fingerprint density at radius 2 is 2.00 bits per heavy atom. The average Bonchev–Trinajstić information content (AvgIpc) is 3.00. The number of benzene rings is 1. The second-order valence-electron chi connectivity index (χ2n) is 8.81. The topological polar surface area (TPSA) is 73.8 Å². The van der Waals surface area contributed by atoms with Crippen molar-refractivity contribution in [2.45, 2.75) is 45.6 Å². The van der Waals surface area contributed by atoms with Crippen molar-refractivity contribution in [2.75, 3.05) is 32.7 Å². The number of thiazole rings is 1. The van der Waals surface area contributed by atoms with E-state index in [1.165, 1.54) is 4.70 Å². The number of para-hydroxylation sites is 1. The fourth-order valence-electron chi connectivity index (χ4n) is 4.45. The molecule has 2 fully saturated rings. The van der Waals surface area contributed by atoms with Gasteiger partial charge in [0.1, 0.15) is 6.04 Å². The Morgan fingerprint density at radius 1 is 1.19 bits per heavy atom. The molecule has 7 nitrogen and oxygen atoms in total. The summed E-state index contributed by atoms with van der Waals surface area (Å²) in [4.78, 5) is 48.2. The van der Waals surface area contributed by atoms with E-state index in [1.807, 2.05) is 36.9 Å². The molecule has 8 heteroatoms. The van der Waals surface area contributed by atoms with Crippen molar-refractivity contribution in [3.05, 3.63) is 29.3 Å². The first-order valence-electron chi connectivity index (χ1n) is 11.1. The number of aryl methyl sites for hydroxylation is 1. The summed E-state index contributed by atoms with van der Waals surface area (Å²) in [7, 11) is 0. The van der Waals surface area contributed by atoms with Crippen molar-refractivity contribution in [1.29, 1.82) is 0 Å². The summed E-state index contributed by atoms with van der Waals surface area (Å²) in [6, 6.07) is 7.65. The number of aromatic nitrogens is 1. The molecule has 3 heterocycles. The third-order valence-electron chi connectivity index (χ3n) is 5.96. The van der Waals surface area contributed by atoms with Gasteiger partial charge < -0.3 is 14.7 Å². The van der Waals surface area contributed by atoms with E-state index in [0.717, 1.165) is 23.4 Å². The summed E-state index contributed by atoms with van der Waals surface area (Å²) in [6.07, 6.45) is 2.52. The van der Waals surface area contributed by atoms with E-state index < -0.39 is 6.04 Å². The molecular formula is C23H30N4O3S. The van der Waals surface area contributed by atoms with Crippen molar-refractivity contribution in [2.24, 2.45) is 5.92 Å². The molecule has 0 N–H and O–H groups in total. The third-order valence-corrected chi connectivity index (χ3v) is 7.06. The molecule has 0 saturated carbocycles. The number of carbonyl (C=O) groups is 3. The van der Waals surface area contributed by atoms with Crippen LogP contribution in [0.15, 0.2) is 24.3 Å². The van der Waals surface area contributed by atoms with Crippen LogP contribution in [0.2, 0.25) is 0 Å². The number of fused-ring (bicyclic) bond motifs is 2. The van der Waals surface area contributed by atoms with Crippen molar-refractivity contribution >= 4 is 39.3 Å². The number of piperazine rings is 1. The van der Waals surface area contributed by atoms with Gasteiger partial charge in [-0.25, -0.2) is 4.98 Å². The van der Waals surface area contributed by atoms with Gasteiger partial charge in [0.15, 0.2) is 0 Å². The monoisotopic (exact) mass is 442 g/mol. The van der Waals surface area contributed by atoms with Gasteiger partial charge in [-0.15, -0.1) is 11.3 Å². The first-order chi connectivity index (χ1) is 14.9. The molecule has 0 bridgehead atoms. The highest BCUT2D eigenvalue weighted by Crippen LogP contribution is 2.24. The summed E-state index contributed by atoms with van der Waals surface area (Å²) in [5.74, 6) is 0.441. The van der Waals surface area contributed by atoms with Gasteiger partial charge in [0, 0.05) is 32.6 Å². The number of hydrogen-bond donors (Lipinski definition) is 0. The molecule has 1 aromatic heterocycles. The van der Waals surface area contributed by atoms with E-state index in [0.29, 0.717) is 44.9 Å². The molecule has 0 radical (unpaired) electrons. The maximum atomic E-state index is 12.9. The zero-order valence-electron chi connectivity index (χ0n) is 18.2. The largest absolute Gasteiger partial charge is 0.341 e. The minimum absolute atomic E-state index is 0.00427. The zero-order chi connectivity index (χ0) is 22.0. The first kappa shape index (κ1) is 21.7. The number of rotatable bonds is 6. The lowest BCUT2D eigenvalue weighted by atomic mass is 10.1. The van der Waals surface area contributed by atoms with Crippen LogP contribution < -0.4 is 0 Å². The Labute approximate surface area is 187 Å². The van der Waals surface area contributed by atoms with Crippen LogP contribution in [-0.4, -0.2) is 76.2 Å². The van der Waals surface area contributed by atoms with Crippen molar-refractivity contribution in [1.82, 2.24) is 19.7 Å². The van der Waals surface area contributed by atoms with Crippen LogP contribution in [0.1, 0.15) is 38.1 Å². The number of nitrogens with zero attached hydrogens (tertiary/aromatic N) is 4. The van der Waals surface area contributed by atoms with Gasteiger partial charge in [-0.3, -0.25) is 14.4 Å². The highest BCUT2D eigenvalue weighted by molar-refractivity contribution is 7.18. The molecule has 2 aliphatic rings. The van der Waals surface area contributed by atoms with E-state index in [1.54, 1.807) is 21.1 Å².